The fourth-order valence-electron chi connectivity index (χ4n) is 1.50. The maximum Gasteiger partial charge on any atom is 0.335 e. The summed E-state index contributed by atoms with van der Waals surface area (Å²) in [5.74, 6) is -1.43. The lowest BCUT2D eigenvalue weighted by Gasteiger charge is -2.40. The highest BCUT2D eigenvalue weighted by Crippen LogP contribution is 2.25. The number of aliphatic hydroxyl groups excluding tert-OH is 3. The highest BCUT2D eigenvalue weighted by atomic mass is 16.7. The van der Waals surface area contributed by atoms with Crippen LogP contribution in [0.2, 0.25) is 0 Å². The molecule has 0 bridgehead atoms. The molecule has 0 radical (unpaired) electrons. The van der Waals surface area contributed by atoms with E-state index in [0.717, 1.165) is 0 Å². The summed E-state index contributed by atoms with van der Waals surface area (Å²) in [5, 5.41) is 37.3. The molecule has 1 fully saturated rings. The van der Waals surface area contributed by atoms with Crippen molar-refractivity contribution in [1.29, 1.82) is 0 Å². The Morgan fingerprint density at radius 2 is 1.65 bits per heavy atom. The van der Waals surface area contributed by atoms with Gasteiger partial charge in [0, 0.05) is 0 Å². The molecule has 17 heavy (non-hydrogen) atoms. The molecule has 1 saturated heterocycles. The minimum absolute atomic E-state index is 0.684. The van der Waals surface area contributed by atoms with Gasteiger partial charge >= 0.3 is 5.97 Å². The molecular weight excluding hydrogens is 232 g/mol. The maximum atomic E-state index is 10.8. The molecule has 0 aromatic rings. The fraction of sp³-hybridized carbons (Fsp3) is 0.900. The Morgan fingerprint density at radius 3 is 2.06 bits per heavy atom. The fourth-order valence-corrected chi connectivity index (χ4v) is 1.50. The highest BCUT2D eigenvalue weighted by molar-refractivity contribution is 5.73. The van der Waals surface area contributed by atoms with E-state index in [1.165, 1.54) is 0 Å². The molecule has 1 aliphatic rings. The van der Waals surface area contributed by atoms with Crippen molar-refractivity contribution in [3.05, 3.63) is 0 Å². The number of carboxylic acids is 1. The van der Waals surface area contributed by atoms with E-state index in [1.807, 2.05) is 0 Å². The molecule has 7 heteroatoms. The molecule has 0 amide bonds. The summed E-state index contributed by atoms with van der Waals surface area (Å²) >= 11 is 0. The summed E-state index contributed by atoms with van der Waals surface area (Å²) in [6.45, 7) is 5.07. The van der Waals surface area contributed by atoms with E-state index >= 15 is 0 Å². The van der Waals surface area contributed by atoms with Crippen LogP contribution in [0.4, 0.5) is 0 Å². The van der Waals surface area contributed by atoms with Crippen LogP contribution in [0, 0.1) is 0 Å². The minimum Gasteiger partial charge on any atom is -0.479 e. The van der Waals surface area contributed by atoms with E-state index < -0.39 is 42.3 Å². The van der Waals surface area contributed by atoms with Crippen LogP contribution in [-0.2, 0) is 14.3 Å². The van der Waals surface area contributed by atoms with Crippen LogP contribution in [-0.4, -0.2) is 62.7 Å². The van der Waals surface area contributed by atoms with Gasteiger partial charge in [0.25, 0.3) is 0 Å². The van der Waals surface area contributed by atoms with E-state index in [0.29, 0.717) is 0 Å². The molecule has 0 aliphatic carbocycles. The van der Waals surface area contributed by atoms with Crippen LogP contribution in [0.3, 0.4) is 0 Å². The van der Waals surface area contributed by atoms with E-state index in [9.17, 15) is 20.1 Å². The molecule has 0 aromatic carbocycles. The molecular formula is C10H18O7. The van der Waals surface area contributed by atoms with Gasteiger partial charge in [-0.1, -0.05) is 0 Å². The molecule has 0 saturated carbocycles. The second-order valence-electron chi connectivity index (χ2n) is 4.97. The van der Waals surface area contributed by atoms with Gasteiger partial charge in [0.05, 0.1) is 5.60 Å². The number of hydrogen-bond acceptors (Lipinski definition) is 6. The smallest absolute Gasteiger partial charge is 0.335 e. The molecule has 1 aliphatic heterocycles. The zero-order chi connectivity index (χ0) is 13.4. The van der Waals surface area contributed by atoms with Crippen molar-refractivity contribution in [2.45, 2.75) is 57.1 Å². The first-order valence-corrected chi connectivity index (χ1v) is 5.24. The third kappa shape index (κ3) is 3.36. The largest absolute Gasteiger partial charge is 0.479 e. The molecule has 3 unspecified atom stereocenters. The minimum atomic E-state index is -1.69. The molecule has 5 atom stereocenters. The van der Waals surface area contributed by atoms with Crippen LogP contribution in [0.25, 0.3) is 0 Å². The number of aliphatic carboxylic acids is 1. The average molecular weight is 250 g/mol. The van der Waals surface area contributed by atoms with Crippen molar-refractivity contribution in [2.24, 2.45) is 0 Å². The third-order valence-corrected chi connectivity index (χ3v) is 2.28. The van der Waals surface area contributed by atoms with Crippen LogP contribution in [0.15, 0.2) is 0 Å². The zero-order valence-corrected chi connectivity index (χ0v) is 9.90. The topological polar surface area (TPSA) is 116 Å². The van der Waals surface area contributed by atoms with Gasteiger partial charge in [-0.15, -0.1) is 0 Å². The first-order chi connectivity index (χ1) is 7.63. The molecule has 0 spiro atoms. The summed E-state index contributed by atoms with van der Waals surface area (Å²) in [6, 6.07) is 0. The number of ether oxygens (including phenoxy) is 2. The van der Waals surface area contributed by atoms with Gasteiger partial charge in [-0.05, 0) is 20.8 Å². The molecule has 4 N–H and O–H groups in total. The lowest BCUT2D eigenvalue weighted by Crippen LogP contribution is -2.61. The monoisotopic (exact) mass is 250 g/mol. The van der Waals surface area contributed by atoms with Crippen LogP contribution >= 0.6 is 0 Å². The van der Waals surface area contributed by atoms with Crippen molar-refractivity contribution < 1.29 is 34.7 Å². The number of carbonyl (C=O) groups is 1. The lowest BCUT2D eigenvalue weighted by atomic mass is 9.98. The zero-order valence-electron chi connectivity index (χ0n) is 9.90. The lowest BCUT2D eigenvalue weighted by molar-refractivity contribution is -0.314. The predicted octanol–water partition coefficient (Wildman–Crippen LogP) is -1.31. The number of aliphatic hydroxyl groups is 3. The molecule has 7 nitrogen and oxygen atoms in total. The molecule has 100 valence electrons. The Kier molecular flexibility index (Phi) is 4.11. The predicted molar refractivity (Wildman–Crippen MR) is 55.2 cm³/mol. The summed E-state index contributed by atoms with van der Waals surface area (Å²) in [6.07, 6.45) is -7.74. The SMILES string of the molecule is CC(C)(C)OC1OC(C(=O)O)[C@@H](O)C(O)[C@@H]1O. The van der Waals surface area contributed by atoms with Gasteiger partial charge in [0.2, 0.25) is 0 Å². The quantitative estimate of drug-likeness (QED) is 0.481. The van der Waals surface area contributed by atoms with Crippen molar-refractivity contribution >= 4 is 5.97 Å². The Balaban J connectivity index is 2.82. The summed E-state index contributed by atoms with van der Waals surface area (Å²) in [4.78, 5) is 10.8. The third-order valence-electron chi connectivity index (χ3n) is 2.28. The summed E-state index contributed by atoms with van der Waals surface area (Å²) in [5.41, 5.74) is -0.684. The van der Waals surface area contributed by atoms with Gasteiger partial charge in [0.15, 0.2) is 12.4 Å². The van der Waals surface area contributed by atoms with E-state index in [4.69, 9.17) is 14.6 Å². The maximum absolute atomic E-state index is 10.8. The van der Waals surface area contributed by atoms with Crippen molar-refractivity contribution in [1.82, 2.24) is 0 Å². The Bertz CT molecular complexity index is 285. The first kappa shape index (κ1) is 14.3. The van der Waals surface area contributed by atoms with Gasteiger partial charge < -0.3 is 29.9 Å². The van der Waals surface area contributed by atoms with Gasteiger partial charge in [-0.3, -0.25) is 0 Å². The normalized spacial score (nSPS) is 39.1. The van der Waals surface area contributed by atoms with Crippen molar-refractivity contribution in [2.75, 3.05) is 0 Å². The Hall–Kier alpha value is -0.730. The van der Waals surface area contributed by atoms with Crippen LogP contribution < -0.4 is 0 Å². The molecule has 0 aromatic heterocycles. The molecule has 1 heterocycles. The second-order valence-corrected chi connectivity index (χ2v) is 4.97. The van der Waals surface area contributed by atoms with E-state index in [1.54, 1.807) is 20.8 Å². The average Bonchev–Trinajstić information content (AvgIpc) is 2.16. The number of rotatable bonds is 2. The molecule has 1 rings (SSSR count). The van der Waals surface area contributed by atoms with Crippen LogP contribution in [0.5, 0.6) is 0 Å². The number of carboxylic acid groups (broad SMARTS) is 1. The summed E-state index contributed by atoms with van der Waals surface area (Å²) in [7, 11) is 0. The first-order valence-electron chi connectivity index (χ1n) is 5.24. The van der Waals surface area contributed by atoms with Crippen molar-refractivity contribution in [3.63, 3.8) is 0 Å². The summed E-state index contributed by atoms with van der Waals surface area (Å²) < 4.78 is 10.2. The van der Waals surface area contributed by atoms with E-state index in [-0.39, 0.29) is 0 Å². The van der Waals surface area contributed by atoms with Crippen LogP contribution in [0.1, 0.15) is 20.8 Å². The Morgan fingerprint density at radius 1 is 1.12 bits per heavy atom. The van der Waals surface area contributed by atoms with Gasteiger partial charge in [0.1, 0.15) is 18.3 Å². The van der Waals surface area contributed by atoms with Crippen molar-refractivity contribution in [3.8, 4) is 0 Å². The Labute approximate surface area is 98.6 Å². The second kappa shape index (κ2) is 4.87. The van der Waals surface area contributed by atoms with Gasteiger partial charge in [-0.2, -0.15) is 0 Å². The standard InChI is InChI=1S/C10H18O7/c1-10(2,3)17-9-6(13)4(11)5(12)7(16-9)8(14)15/h4-7,9,11-13H,1-3H3,(H,14,15)/t4?,5-,6-,7?,9?/m0/s1. The highest BCUT2D eigenvalue weighted by Gasteiger charge is 2.48. The van der Waals surface area contributed by atoms with Gasteiger partial charge in [-0.25, -0.2) is 4.79 Å². The van der Waals surface area contributed by atoms with E-state index in [2.05, 4.69) is 0 Å². The number of hydrogen-bond donors (Lipinski definition) is 4.